The zero-order valence-electron chi connectivity index (χ0n) is 11.8. The highest BCUT2D eigenvalue weighted by Crippen LogP contribution is 2.22. The molecule has 1 aromatic rings. The molecule has 1 fully saturated rings. The summed E-state index contributed by atoms with van der Waals surface area (Å²) in [4.78, 5) is 0. The average molecular weight is 294 g/mol. The van der Waals surface area contributed by atoms with Gasteiger partial charge in [-0.05, 0) is 37.3 Å². The molecule has 2 N–H and O–H groups in total. The second kappa shape index (κ2) is 6.52. The van der Waals surface area contributed by atoms with Gasteiger partial charge in [0.05, 0.1) is 0 Å². The van der Waals surface area contributed by atoms with E-state index in [0.29, 0.717) is 13.1 Å². The van der Waals surface area contributed by atoms with Gasteiger partial charge in [-0.15, -0.1) is 0 Å². The van der Waals surface area contributed by atoms with Gasteiger partial charge in [0.1, 0.15) is 0 Å². The molecule has 110 valence electrons. The molecule has 5 heteroatoms. The number of rotatable bonds is 4. The predicted molar refractivity (Wildman–Crippen MR) is 82.3 cm³/mol. The summed E-state index contributed by atoms with van der Waals surface area (Å²) < 4.78 is 26.2. The van der Waals surface area contributed by atoms with E-state index in [4.69, 9.17) is 5.73 Å². The van der Waals surface area contributed by atoms with Crippen LogP contribution in [0.4, 0.5) is 0 Å². The first-order chi connectivity index (χ1) is 9.49. The van der Waals surface area contributed by atoms with Crippen LogP contribution in [0.5, 0.6) is 0 Å². The Bertz CT molecular complexity index is 552. The van der Waals surface area contributed by atoms with Crippen LogP contribution < -0.4 is 5.73 Å². The second-order valence-electron chi connectivity index (χ2n) is 5.38. The monoisotopic (exact) mass is 294 g/mol. The van der Waals surface area contributed by atoms with Gasteiger partial charge >= 0.3 is 0 Å². The highest BCUT2D eigenvalue weighted by molar-refractivity contribution is 7.92. The molecule has 2 rings (SSSR count). The van der Waals surface area contributed by atoms with E-state index in [-0.39, 0.29) is 12.0 Å². The lowest BCUT2D eigenvalue weighted by atomic mass is 9.93. The summed E-state index contributed by atoms with van der Waals surface area (Å²) in [6, 6.07) is 9.48. The Balaban J connectivity index is 2.08. The summed E-state index contributed by atoms with van der Waals surface area (Å²) in [5.74, 6) is 0.253. The lowest BCUT2D eigenvalue weighted by Crippen LogP contribution is -2.44. The molecule has 1 aliphatic rings. The van der Waals surface area contributed by atoms with E-state index in [9.17, 15) is 8.42 Å². The van der Waals surface area contributed by atoms with Crippen molar-refractivity contribution in [3.05, 3.63) is 41.3 Å². The third kappa shape index (κ3) is 3.91. The van der Waals surface area contributed by atoms with E-state index in [1.165, 1.54) is 5.41 Å². The minimum absolute atomic E-state index is 0.0334. The van der Waals surface area contributed by atoms with Crippen molar-refractivity contribution in [2.24, 2.45) is 11.7 Å². The average Bonchev–Trinajstić information content (AvgIpc) is 2.46. The molecule has 4 nitrogen and oxygen atoms in total. The molecule has 2 atom stereocenters. The van der Waals surface area contributed by atoms with Gasteiger partial charge < -0.3 is 5.73 Å². The zero-order chi connectivity index (χ0) is 14.6. The van der Waals surface area contributed by atoms with E-state index >= 15 is 0 Å². The van der Waals surface area contributed by atoms with Crippen LogP contribution in [-0.4, -0.2) is 31.9 Å². The molecule has 0 aromatic heterocycles. The van der Waals surface area contributed by atoms with E-state index in [0.717, 1.165) is 18.4 Å². The summed E-state index contributed by atoms with van der Waals surface area (Å²) in [6.45, 7) is 3.06. The van der Waals surface area contributed by atoms with E-state index in [1.54, 1.807) is 10.4 Å². The van der Waals surface area contributed by atoms with Crippen LogP contribution in [0.3, 0.4) is 0 Å². The van der Waals surface area contributed by atoms with E-state index in [2.05, 4.69) is 0 Å². The van der Waals surface area contributed by atoms with Crippen molar-refractivity contribution < 1.29 is 8.42 Å². The van der Waals surface area contributed by atoms with Gasteiger partial charge in [0, 0.05) is 24.5 Å². The summed E-state index contributed by atoms with van der Waals surface area (Å²) in [6.07, 6.45) is 3.53. The van der Waals surface area contributed by atoms with Crippen LogP contribution in [0.1, 0.15) is 25.3 Å². The second-order valence-corrected chi connectivity index (χ2v) is 7.20. The minimum Gasteiger partial charge on any atom is -0.328 e. The fourth-order valence-corrected chi connectivity index (χ4v) is 3.73. The van der Waals surface area contributed by atoms with Crippen LogP contribution in [0, 0.1) is 5.92 Å². The van der Waals surface area contributed by atoms with E-state index < -0.39 is 10.0 Å². The Kier molecular flexibility index (Phi) is 4.96. The van der Waals surface area contributed by atoms with Crippen LogP contribution in [-0.2, 0) is 10.0 Å². The Morgan fingerprint density at radius 3 is 2.70 bits per heavy atom. The number of hydrogen-bond acceptors (Lipinski definition) is 3. The van der Waals surface area contributed by atoms with E-state index in [1.807, 2.05) is 37.3 Å². The smallest absolute Gasteiger partial charge is 0.236 e. The first kappa shape index (κ1) is 15.2. The Morgan fingerprint density at radius 1 is 1.35 bits per heavy atom. The summed E-state index contributed by atoms with van der Waals surface area (Å²) in [7, 11) is -3.35. The topological polar surface area (TPSA) is 63.4 Å². The number of nitrogens with two attached hydrogens (primary N) is 1. The van der Waals surface area contributed by atoms with Crippen LogP contribution in [0.25, 0.3) is 6.08 Å². The van der Waals surface area contributed by atoms with Crippen molar-refractivity contribution in [1.82, 2.24) is 4.31 Å². The van der Waals surface area contributed by atoms with Crippen molar-refractivity contribution in [1.29, 1.82) is 0 Å². The maximum Gasteiger partial charge on any atom is 0.236 e. The quantitative estimate of drug-likeness (QED) is 0.924. The minimum atomic E-state index is -3.35. The standard InChI is InChI=1S/C15H22N2O2S/c1-13(16)15-8-5-10-17(12-15)20(18,19)11-9-14-6-3-2-4-7-14/h2-4,6-7,9,11,13,15H,5,8,10,12,16H2,1H3. The number of hydrogen-bond donors (Lipinski definition) is 1. The SMILES string of the molecule is CC(N)C1CCCN(S(=O)(=O)C=Cc2ccccc2)C1. The molecule has 0 bridgehead atoms. The predicted octanol–water partition coefficient (Wildman–Crippen LogP) is 2.05. The third-order valence-corrected chi connectivity index (χ3v) is 5.29. The first-order valence-electron chi connectivity index (χ1n) is 6.98. The molecule has 1 heterocycles. The molecule has 0 aliphatic carbocycles. The van der Waals surface area contributed by atoms with Gasteiger partial charge in [-0.1, -0.05) is 30.3 Å². The lowest BCUT2D eigenvalue weighted by Gasteiger charge is -2.33. The fourth-order valence-electron chi connectivity index (χ4n) is 2.45. The summed E-state index contributed by atoms with van der Waals surface area (Å²) >= 11 is 0. The van der Waals surface area contributed by atoms with Gasteiger partial charge in [-0.3, -0.25) is 0 Å². The highest BCUT2D eigenvalue weighted by atomic mass is 32.2. The Labute approximate surface area is 121 Å². The molecular weight excluding hydrogens is 272 g/mol. The van der Waals surface area contributed by atoms with Crippen molar-refractivity contribution in [2.75, 3.05) is 13.1 Å². The number of benzene rings is 1. The highest BCUT2D eigenvalue weighted by Gasteiger charge is 2.28. The summed E-state index contributed by atoms with van der Waals surface area (Å²) in [5, 5.41) is 1.30. The molecule has 0 amide bonds. The Hall–Kier alpha value is -1.17. The Morgan fingerprint density at radius 2 is 2.05 bits per heavy atom. The molecule has 0 radical (unpaired) electrons. The van der Waals surface area contributed by atoms with Crippen molar-refractivity contribution in [3.63, 3.8) is 0 Å². The van der Waals surface area contributed by atoms with Crippen LogP contribution >= 0.6 is 0 Å². The summed E-state index contributed by atoms with van der Waals surface area (Å²) in [5.41, 5.74) is 6.78. The van der Waals surface area contributed by atoms with Gasteiger partial charge in [-0.25, -0.2) is 8.42 Å². The lowest BCUT2D eigenvalue weighted by molar-refractivity contribution is 0.245. The molecule has 0 saturated carbocycles. The van der Waals surface area contributed by atoms with Crippen LogP contribution in [0.15, 0.2) is 35.7 Å². The normalized spacial score (nSPS) is 23.0. The maximum atomic E-state index is 12.3. The maximum absolute atomic E-state index is 12.3. The van der Waals surface area contributed by atoms with Crippen molar-refractivity contribution in [2.45, 2.75) is 25.8 Å². The van der Waals surface area contributed by atoms with Gasteiger partial charge in [-0.2, -0.15) is 4.31 Å². The molecule has 1 saturated heterocycles. The zero-order valence-corrected chi connectivity index (χ0v) is 12.6. The largest absolute Gasteiger partial charge is 0.328 e. The molecule has 1 aliphatic heterocycles. The molecule has 1 aromatic carbocycles. The van der Waals surface area contributed by atoms with Crippen LogP contribution in [0.2, 0.25) is 0 Å². The third-order valence-electron chi connectivity index (χ3n) is 3.76. The number of nitrogens with zero attached hydrogens (tertiary/aromatic N) is 1. The van der Waals surface area contributed by atoms with Gasteiger partial charge in [0.2, 0.25) is 10.0 Å². The molecular formula is C15H22N2O2S. The van der Waals surface area contributed by atoms with Crippen molar-refractivity contribution >= 4 is 16.1 Å². The van der Waals surface area contributed by atoms with Gasteiger partial charge in [0.15, 0.2) is 0 Å². The number of piperidine rings is 1. The molecule has 2 unspecified atom stereocenters. The number of sulfonamides is 1. The fraction of sp³-hybridized carbons (Fsp3) is 0.467. The van der Waals surface area contributed by atoms with Crippen molar-refractivity contribution in [3.8, 4) is 0 Å². The molecule has 0 spiro atoms. The molecule has 20 heavy (non-hydrogen) atoms. The first-order valence-corrected chi connectivity index (χ1v) is 8.48. The van der Waals surface area contributed by atoms with Gasteiger partial charge in [0.25, 0.3) is 0 Å².